The van der Waals surface area contributed by atoms with Crippen molar-refractivity contribution in [1.82, 2.24) is 4.98 Å². The van der Waals surface area contributed by atoms with E-state index < -0.39 is 11.7 Å². The SMILES string of the molecule is FC(F)(F)c1cc(N2CC=Cc3cccc(Cl)c32)ncc1Br. The second-order valence-electron chi connectivity index (χ2n) is 4.71. The first-order valence-corrected chi connectivity index (χ1v) is 7.50. The molecular weight excluding hydrogens is 381 g/mol. The Morgan fingerprint density at radius 3 is 2.77 bits per heavy atom. The van der Waals surface area contributed by atoms with Gasteiger partial charge in [0.15, 0.2) is 0 Å². The predicted octanol–water partition coefficient (Wildman–Crippen LogP) is 5.68. The van der Waals surface area contributed by atoms with Crippen molar-refractivity contribution < 1.29 is 13.2 Å². The summed E-state index contributed by atoms with van der Waals surface area (Å²) in [6.07, 6.45) is 0.454. The largest absolute Gasteiger partial charge is 0.417 e. The molecule has 2 aromatic rings. The van der Waals surface area contributed by atoms with Crippen LogP contribution in [0.5, 0.6) is 0 Å². The van der Waals surface area contributed by atoms with E-state index in [4.69, 9.17) is 11.6 Å². The Hall–Kier alpha value is -1.53. The van der Waals surface area contributed by atoms with Gasteiger partial charge in [0.05, 0.1) is 16.3 Å². The van der Waals surface area contributed by atoms with Crippen molar-refractivity contribution in [3.05, 3.63) is 57.2 Å². The van der Waals surface area contributed by atoms with Gasteiger partial charge in [0.25, 0.3) is 0 Å². The van der Waals surface area contributed by atoms with Gasteiger partial charge in [-0.15, -0.1) is 0 Å². The van der Waals surface area contributed by atoms with E-state index in [1.54, 1.807) is 17.0 Å². The molecule has 0 saturated carbocycles. The van der Waals surface area contributed by atoms with Crippen molar-refractivity contribution in [3.8, 4) is 0 Å². The van der Waals surface area contributed by atoms with E-state index in [-0.39, 0.29) is 10.3 Å². The van der Waals surface area contributed by atoms with Gasteiger partial charge in [0.2, 0.25) is 0 Å². The average Bonchev–Trinajstić information content (AvgIpc) is 2.46. The van der Waals surface area contributed by atoms with Crippen LogP contribution >= 0.6 is 27.5 Å². The third-order valence-electron chi connectivity index (χ3n) is 3.30. The van der Waals surface area contributed by atoms with E-state index in [2.05, 4.69) is 20.9 Å². The molecule has 0 N–H and O–H groups in total. The second kappa shape index (κ2) is 5.59. The van der Waals surface area contributed by atoms with E-state index in [1.807, 2.05) is 18.2 Å². The lowest BCUT2D eigenvalue weighted by Crippen LogP contribution is -2.22. The molecule has 1 aromatic heterocycles. The van der Waals surface area contributed by atoms with Crippen LogP contribution in [0.3, 0.4) is 0 Å². The monoisotopic (exact) mass is 388 g/mol. The van der Waals surface area contributed by atoms with E-state index in [1.165, 1.54) is 0 Å². The summed E-state index contributed by atoms with van der Waals surface area (Å²) in [6.45, 7) is 0.405. The van der Waals surface area contributed by atoms with Crippen LogP contribution in [0.1, 0.15) is 11.1 Å². The molecule has 2 heterocycles. The summed E-state index contributed by atoms with van der Waals surface area (Å²) in [5.41, 5.74) is 0.743. The standard InChI is InChI=1S/C15H9BrClF3N2/c16-11-8-21-13(7-10(11)15(18,19)20)22-6-2-4-9-3-1-5-12(17)14(9)22/h1-5,7-8H,6H2. The lowest BCUT2D eigenvalue weighted by Gasteiger charge is -2.28. The molecule has 1 aliphatic heterocycles. The number of benzene rings is 1. The highest BCUT2D eigenvalue weighted by Crippen LogP contribution is 2.40. The summed E-state index contributed by atoms with van der Waals surface area (Å²) in [5, 5.41) is 0.472. The van der Waals surface area contributed by atoms with Gasteiger partial charge in [0, 0.05) is 17.2 Å². The van der Waals surface area contributed by atoms with Crippen LogP contribution in [0.25, 0.3) is 6.08 Å². The summed E-state index contributed by atoms with van der Waals surface area (Å²) in [4.78, 5) is 5.77. The maximum Gasteiger partial charge on any atom is 0.417 e. The van der Waals surface area contributed by atoms with Gasteiger partial charge < -0.3 is 4.90 Å². The predicted molar refractivity (Wildman–Crippen MR) is 84.4 cm³/mol. The van der Waals surface area contributed by atoms with Crippen LogP contribution in [-0.4, -0.2) is 11.5 Å². The lowest BCUT2D eigenvalue weighted by atomic mass is 10.1. The van der Waals surface area contributed by atoms with Crippen molar-refractivity contribution in [2.24, 2.45) is 0 Å². The van der Waals surface area contributed by atoms with Crippen LogP contribution < -0.4 is 4.90 Å². The third kappa shape index (κ3) is 2.73. The molecule has 0 atom stereocenters. The Kier molecular flexibility index (Phi) is 3.91. The quantitative estimate of drug-likeness (QED) is 0.624. The third-order valence-corrected chi connectivity index (χ3v) is 4.23. The van der Waals surface area contributed by atoms with Gasteiger partial charge in [-0.2, -0.15) is 13.2 Å². The number of fused-ring (bicyclic) bond motifs is 1. The molecule has 1 aliphatic rings. The maximum absolute atomic E-state index is 13.1. The van der Waals surface area contributed by atoms with Crippen LogP contribution in [-0.2, 0) is 6.18 Å². The van der Waals surface area contributed by atoms with E-state index >= 15 is 0 Å². The number of hydrogen-bond donors (Lipinski definition) is 0. The number of halogens is 5. The summed E-state index contributed by atoms with van der Waals surface area (Å²) in [6, 6.07) is 6.38. The molecule has 7 heteroatoms. The molecule has 0 bridgehead atoms. The number of hydrogen-bond acceptors (Lipinski definition) is 2. The number of anilines is 2. The Labute approximate surface area is 138 Å². The molecular formula is C15H9BrClF3N2. The molecule has 0 radical (unpaired) electrons. The summed E-state index contributed by atoms with van der Waals surface area (Å²) < 4.78 is 39.1. The number of rotatable bonds is 1. The van der Waals surface area contributed by atoms with Gasteiger partial charge in [-0.05, 0) is 33.6 Å². The average molecular weight is 390 g/mol. The normalized spacial score (nSPS) is 14.1. The van der Waals surface area contributed by atoms with Crippen LogP contribution in [0, 0.1) is 0 Å². The van der Waals surface area contributed by atoms with Crippen LogP contribution in [0.15, 0.2) is 41.0 Å². The smallest absolute Gasteiger partial charge is 0.321 e. The van der Waals surface area contributed by atoms with Crippen molar-refractivity contribution in [2.75, 3.05) is 11.4 Å². The van der Waals surface area contributed by atoms with Crippen molar-refractivity contribution in [3.63, 3.8) is 0 Å². The maximum atomic E-state index is 13.1. The highest BCUT2D eigenvalue weighted by Gasteiger charge is 2.34. The van der Waals surface area contributed by atoms with Gasteiger partial charge in [-0.1, -0.05) is 35.9 Å². The molecule has 1 aromatic carbocycles. The van der Waals surface area contributed by atoms with Gasteiger partial charge in [-0.25, -0.2) is 4.98 Å². The first-order chi connectivity index (χ1) is 10.4. The zero-order valence-corrected chi connectivity index (χ0v) is 13.4. The number of pyridine rings is 1. The molecule has 0 amide bonds. The summed E-state index contributed by atoms with van der Waals surface area (Å²) >= 11 is 9.11. The van der Waals surface area contributed by atoms with E-state index in [0.29, 0.717) is 17.3 Å². The fraction of sp³-hybridized carbons (Fsp3) is 0.133. The Bertz CT molecular complexity index is 759. The lowest BCUT2D eigenvalue weighted by molar-refractivity contribution is -0.138. The number of para-hydroxylation sites is 1. The fourth-order valence-electron chi connectivity index (χ4n) is 2.33. The topological polar surface area (TPSA) is 16.1 Å². The Balaban J connectivity index is 2.13. The van der Waals surface area contributed by atoms with Gasteiger partial charge >= 0.3 is 6.18 Å². The molecule has 22 heavy (non-hydrogen) atoms. The number of aromatic nitrogens is 1. The first-order valence-electron chi connectivity index (χ1n) is 6.33. The Morgan fingerprint density at radius 2 is 2.05 bits per heavy atom. The first kappa shape index (κ1) is 15.4. The zero-order chi connectivity index (χ0) is 15.9. The molecule has 0 unspecified atom stereocenters. The molecule has 0 spiro atoms. The van der Waals surface area contributed by atoms with Gasteiger partial charge in [-0.3, -0.25) is 0 Å². The van der Waals surface area contributed by atoms with Crippen molar-refractivity contribution in [2.45, 2.75) is 6.18 Å². The van der Waals surface area contributed by atoms with E-state index in [0.717, 1.165) is 17.8 Å². The fourth-order valence-corrected chi connectivity index (χ4v) is 3.05. The minimum atomic E-state index is -4.45. The molecule has 0 fully saturated rings. The van der Waals surface area contributed by atoms with E-state index in [9.17, 15) is 13.2 Å². The van der Waals surface area contributed by atoms with Crippen molar-refractivity contribution >= 4 is 45.1 Å². The second-order valence-corrected chi connectivity index (χ2v) is 5.97. The van der Waals surface area contributed by atoms with Crippen molar-refractivity contribution in [1.29, 1.82) is 0 Å². The summed E-state index contributed by atoms with van der Waals surface area (Å²) in [7, 11) is 0. The number of nitrogens with zero attached hydrogens (tertiary/aromatic N) is 2. The highest BCUT2D eigenvalue weighted by atomic mass is 79.9. The minimum Gasteiger partial charge on any atom is -0.321 e. The molecule has 114 valence electrons. The highest BCUT2D eigenvalue weighted by molar-refractivity contribution is 9.10. The molecule has 2 nitrogen and oxygen atoms in total. The molecule has 0 saturated heterocycles. The van der Waals surface area contributed by atoms with Crippen LogP contribution in [0.4, 0.5) is 24.7 Å². The molecule has 0 aliphatic carbocycles. The van der Waals surface area contributed by atoms with Crippen LogP contribution in [0.2, 0.25) is 5.02 Å². The number of alkyl halides is 3. The molecule has 3 rings (SSSR count). The zero-order valence-electron chi connectivity index (χ0n) is 11.0. The summed E-state index contributed by atoms with van der Waals surface area (Å²) in [5.74, 6) is 0.203. The van der Waals surface area contributed by atoms with Gasteiger partial charge in [0.1, 0.15) is 5.82 Å². The Morgan fingerprint density at radius 1 is 1.27 bits per heavy atom. The minimum absolute atomic E-state index is 0.0873.